The zero-order chi connectivity index (χ0) is 24.6. The van der Waals surface area contributed by atoms with Crippen LogP contribution in [0.5, 0.6) is 0 Å². The van der Waals surface area contributed by atoms with Crippen LogP contribution in [-0.4, -0.2) is 24.1 Å². The Hall–Kier alpha value is -3.32. The van der Waals surface area contributed by atoms with Gasteiger partial charge in [-0.3, -0.25) is 0 Å². The third kappa shape index (κ3) is 4.80. The molecule has 1 aliphatic carbocycles. The minimum atomic E-state index is -1.73. The zero-order valence-electron chi connectivity index (χ0n) is 17.3. The van der Waals surface area contributed by atoms with Gasteiger partial charge in [0.1, 0.15) is 23.8 Å². The van der Waals surface area contributed by atoms with E-state index in [-0.39, 0.29) is 23.7 Å². The molecule has 4 nitrogen and oxygen atoms in total. The maximum absolute atomic E-state index is 13.9. The van der Waals surface area contributed by atoms with Gasteiger partial charge in [-0.1, -0.05) is 33.5 Å². The Morgan fingerprint density at radius 2 is 1.09 bits per heavy atom. The molecule has 0 fully saturated rings. The van der Waals surface area contributed by atoms with Crippen LogP contribution in [0.1, 0.15) is 31.8 Å². The van der Waals surface area contributed by atoms with Crippen molar-refractivity contribution in [2.24, 2.45) is 0 Å². The summed E-state index contributed by atoms with van der Waals surface area (Å²) in [5.41, 5.74) is 0.631. The summed E-state index contributed by atoms with van der Waals surface area (Å²) in [5, 5.41) is -0.339. The molecule has 10 heteroatoms. The lowest BCUT2D eigenvalue weighted by Crippen LogP contribution is -2.41. The van der Waals surface area contributed by atoms with Crippen molar-refractivity contribution in [3.8, 4) is 0 Å². The van der Waals surface area contributed by atoms with E-state index in [4.69, 9.17) is 9.47 Å². The number of benzene rings is 3. The lowest BCUT2D eigenvalue weighted by molar-refractivity contribution is -0.0390. The number of carbonyl (C=O) groups is 2. The van der Waals surface area contributed by atoms with Crippen molar-refractivity contribution in [1.29, 1.82) is 0 Å². The highest BCUT2D eigenvalue weighted by Crippen LogP contribution is 2.27. The molecule has 1 aliphatic rings. The standard InChI is InChI=1S/C24H16F5O4P/c25-15-5-13(6-16(26)21(15)29)23(30)32-19-9-11-3-1-2-4-12(11)10-20(19)33-24(31)14-7-17(27)22(34)18(28)8-14/h1-8,19-20H,9-10,34H2/t19-,20+/m0/s1. The van der Waals surface area contributed by atoms with Gasteiger partial charge < -0.3 is 9.47 Å². The largest absolute Gasteiger partial charge is 0.454 e. The van der Waals surface area contributed by atoms with Crippen molar-refractivity contribution in [3.63, 3.8) is 0 Å². The molecule has 0 bridgehead atoms. The van der Waals surface area contributed by atoms with Crippen LogP contribution in [0.2, 0.25) is 0 Å². The molecule has 3 aromatic carbocycles. The molecule has 0 spiro atoms. The number of carbonyl (C=O) groups excluding carboxylic acids is 2. The first-order valence-corrected chi connectivity index (χ1v) is 10.6. The second-order valence-electron chi connectivity index (χ2n) is 7.67. The average Bonchev–Trinajstić information content (AvgIpc) is 2.80. The fourth-order valence-electron chi connectivity index (χ4n) is 3.67. The SMILES string of the molecule is O=C(O[C@H]1Cc2ccccc2C[C@H]1OC(=O)c1cc(F)c(P)c(F)c1)c1cc(F)c(F)c(F)c1. The van der Waals surface area contributed by atoms with Crippen LogP contribution in [0, 0.1) is 29.1 Å². The van der Waals surface area contributed by atoms with E-state index in [1.165, 1.54) is 0 Å². The first-order valence-electron chi connectivity index (χ1n) is 10.0. The number of fused-ring (bicyclic) bond motifs is 1. The van der Waals surface area contributed by atoms with E-state index in [9.17, 15) is 31.5 Å². The molecule has 0 aromatic heterocycles. The van der Waals surface area contributed by atoms with E-state index >= 15 is 0 Å². The number of rotatable bonds is 4. The van der Waals surface area contributed by atoms with Gasteiger partial charge in [0.05, 0.1) is 11.1 Å². The first kappa shape index (κ1) is 23.8. The van der Waals surface area contributed by atoms with Gasteiger partial charge in [-0.25, -0.2) is 31.5 Å². The Kier molecular flexibility index (Phi) is 6.66. The van der Waals surface area contributed by atoms with E-state index in [1.807, 2.05) is 9.24 Å². The molecule has 0 heterocycles. The highest BCUT2D eigenvalue weighted by atomic mass is 31.0. The Morgan fingerprint density at radius 1 is 0.706 bits per heavy atom. The van der Waals surface area contributed by atoms with Crippen LogP contribution >= 0.6 is 9.24 Å². The monoisotopic (exact) mass is 494 g/mol. The van der Waals surface area contributed by atoms with Crippen LogP contribution in [0.3, 0.4) is 0 Å². The minimum absolute atomic E-state index is 0.0965. The number of hydrogen-bond donors (Lipinski definition) is 0. The van der Waals surface area contributed by atoms with Crippen LogP contribution in [0.25, 0.3) is 0 Å². The summed E-state index contributed by atoms with van der Waals surface area (Å²) in [6.07, 6.45) is -1.95. The summed E-state index contributed by atoms with van der Waals surface area (Å²) in [5.74, 6) is -9.00. The number of hydrogen-bond acceptors (Lipinski definition) is 4. The summed E-state index contributed by atoms with van der Waals surface area (Å²) in [6.45, 7) is 0. The molecule has 4 rings (SSSR count). The van der Waals surface area contributed by atoms with E-state index in [0.717, 1.165) is 23.3 Å². The summed E-state index contributed by atoms with van der Waals surface area (Å²) >= 11 is 0. The predicted octanol–water partition coefficient (Wildman–Crippen LogP) is 4.43. The first-order chi connectivity index (χ1) is 16.1. The number of esters is 2. The van der Waals surface area contributed by atoms with Crippen molar-refractivity contribution in [3.05, 3.63) is 99.9 Å². The minimum Gasteiger partial charge on any atom is -0.454 e. The molecule has 3 aromatic rings. The molecular weight excluding hydrogens is 478 g/mol. The number of ether oxygens (including phenoxy) is 2. The second-order valence-corrected chi connectivity index (χ2v) is 8.25. The van der Waals surface area contributed by atoms with Crippen molar-refractivity contribution >= 4 is 26.5 Å². The van der Waals surface area contributed by atoms with Gasteiger partial charge in [-0.2, -0.15) is 0 Å². The van der Waals surface area contributed by atoms with Gasteiger partial charge >= 0.3 is 11.9 Å². The van der Waals surface area contributed by atoms with E-state index in [0.29, 0.717) is 12.1 Å². The quantitative estimate of drug-likeness (QED) is 0.233. The van der Waals surface area contributed by atoms with Gasteiger partial charge in [0.25, 0.3) is 0 Å². The lowest BCUT2D eigenvalue weighted by Gasteiger charge is -2.32. The molecular formula is C24H16F5O4P. The molecule has 0 N–H and O–H groups in total. The van der Waals surface area contributed by atoms with Crippen molar-refractivity contribution in [1.82, 2.24) is 0 Å². The topological polar surface area (TPSA) is 52.6 Å². The van der Waals surface area contributed by atoms with Crippen LogP contribution in [0.4, 0.5) is 22.0 Å². The average molecular weight is 494 g/mol. The summed E-state index contributed by atoms with van der Waals surface area (Å²) in [6, 6.07) is 9.68. The Labute approximate surface area is 192 Å². The van der Waals surface area contributed by atoms with Crippen molar-refractivity contribution in [2.75, 3.05) is 0 Å². The summed E-state index contributed by atoms with van der Waals surface area (Å²) in [4.78, 5) is 25.2. The van der Waals surface area contributed by atoms with Crippen molar-refractivity contribution in [2.45, 2.75) is 25.0 Å². The number of halogens is 5. The molecule has 0 aliphatic heterocycles. The van der Waals surface area contributed by atoms with Gasteiger partial charge in [-0.15, -0.1) is 0 Å². The Balaban J connectivity index is 1.60. The van der Waals surface area contributed by atoms with Crippen LogP contribution < -0.4 is 5.30 Å². The Bertz CT molecular complexity index is 1150. The summed E-state index contributed by atoms with van der Waals surface area (Å²) in [7, 11) is 1.88. The maximum atomic E-state index is 13.9. The van der Waals surface area contributed by atoms with Gasteiger partial charge in [0.2, 0.25) is 0 Å². The summed E-state index contributed by atoms with van der Waals surface area (Å²) < 4.78 is 78.9. The fraction of sp³-hybridized carbons (Fsp3) is 0.167. The highest BCUT2D eigenvalue weighted by molar-refractivity contribution is 7.27. The molecule has 0 amide bonds. The fourth-order valence-corrected chi connectivity index (χ4v) is 3.84. The van der Waals surface area contributed by atoms with E-state index < -0.39 is 58.8 Å². The second kappa shape index (κ2) is 9.50. The van der Waals surface area contributed by atoms with E-state index in [2.05, 4.69) is 0 Å². The zero-order valence-corrected chi connectivity index (χ0v) is 18.4. The predicted molar refractivity (Wildman–Crippen MR) is 114 cm³/mol. The van der Waals surface area contributed by atoms with Gasteiger partial charge in [0, 0.05) is 18.1 Å². The molecule has 176 valence electrons. The van der Waals surface area contributed by atoms with Gasteiger partial charge in [-0.05, 0) is 35.4 Å². The highest BCUT2D eigenvalue weighted by Gasteiger charge is 2.35. The third-order valence-electron chi connectivity index (χ3n) is 5.43. The van der Waals surface area contributed by atoms with Crippen LogP contribution in [-0.2, 0) is 22.3 Å². The van der Waals surface area contributed by atoms with Crippen molar-refractivity contribution < 1.29 is 41.0 Å². The van der Waals surface area contributed by atoms with Crippen LogP contribution in [0.15, 0.2) is 48.5 Å². The van der Waals surface area contributed by atoms with E-state index in [1.54, 1.807) is 24.3 Å². The molecule has 3 atom stereocenters. The molecule has 0 radical (unpaired) electrons. The third-order valence-corrected chi connectivity index (χ3v) is 5.98. The molecule has 34 heavy (non-hydrogen) atoms. The maximum Gasteiger partial charge on any atom is 0.338 e. The smallest absolute Gasteiger partial charge is 0.338 e. The molecule has 1 unspecified atom stereocenters. The Morgan fingerprint density at radius 3 is 1.50 bits per heavy atom. The normalized spacial score (nSPS) is 17.1. The van der Waals surface area contributed by atoms with Gasteiger partial charge in [0.15, 0.2) is 17.5 Å². The lowest BCUT2D eigenvalue weighted by atomic mass is 9.87. The molecule has 0 saturated carbocycles. The molecule has 0 saturated heterocycles.